The molecule has 18 heavy (non-hydrogen) atoms. The Balaban J connectivity index is 2.00. The van der Waals surface area contributed by atoms with Crippen LogP contribution >= 0.6 is 0 Å². The Morgan fingerprint density at radius 2 is 1.67 bits per heavy atom. The van der Waals surface area contributed by atoms with Gasteiger partial charge in [-0.2, -0.15) is 0 Å². The van der Waals surface area contributed by atoms with Crippen molar-refractivity contribution in [1.29, 1.82) is 0 Å². The van der Waals surface area contributed by atoms with Crippen LogP contribution in [0.2, 0.25) is 0 Å². The Morgan fingerprint density at radius 3 is 2.44 bits per heavy atom. The number of hydrogen-bond acceptors (Lipinski definition) is 1. The molecule has 1 aliphatic carbocycles. The van der Waals surface area contributed by atoms with Gasteiger partial charge < -0.3 is 5.11 Å². The van der Waals surface area contributed by atoms with Crippen molar-refractivity contribution in [2.24, 2.45) is 0 Å². The van der Waals surface area contributed by atoms with Crippen molar-refractivity contribution in [3.05, 3.63) is 77.1 Å². The summed E-state index contributed by atoms with van der Waals surface area (Å²) >= 11 is 0. The fourth-order valence-corrected chi connectivity index (χ4v) is 2.42. The van der Waals surface area contributed by atoms with Crippen LogP contribution in [0.3, 0.4) is 0 Å². The first-order valence-corrected chi connectivity index (χ1v) is 5.96. The van der Waals surface area contributed by atoms with Gasteiger partial charge >= 0.3 is 0 Å². The zero-order chi connectivity index (χ0) is 12.5. The maximum Gasteiger partial charge on any atom is 0.123 e. The summed E-state index contributed by atoms with van der Waals surface area (Å²) < 4.78 is 12.9. The van der Waals surface area contributed by atoms with Crippen molar-refractivity contribution in [3.63, 3.8) is 0 Å². The lowest BCUT2D eigenvalue weighted by atomic mass is 9.83. The zero-order valence-electron chi connectivity index (χ0n) is 9.75. The predicted octanol–water partition coefficient (Wildman–Crippen LogP) is 3.67. The molecule has 0 unspecified atom stereocenters. The van der Waals surface area contributed by atoms with E-state index in [-0.39, 0.29) is 11.7 Å². The molecule has 0 radical (unpaired) electrons. The van der Waals surface area contributed by atoms with E-state index in [0.717, 1.165) is 16.7 Å². The lowest BCUT2D eigenvalue weighted by Gasteiger charge is -2.26. The minimum Gasteiger partial charge on any atom is -0.387 e. The normalized spacial score (nSPS) is 21.7. The second kappa shape index (κ2) is 4.39. The molecule has 0 saturated heterocycles. The third-order valence-electron chi connectivity index (χ3n) is 3.39. The molecule has 2 aromatic rings. The van der Waals surface area contributed by atoms with Crippen LogP contribution in [0, 0.1) is 5.82 Å². The highest BCUT2D eigenvalue weighted by Crippen LogP contribution is 2.38. The van der Waals surface area contributed by atoms with Gasteiger partial charge in [-0.15, -0.1) is 0 Å². The average molecular weight is 240 g/mol. The van der Waals surface area contributed by atoms with Crippen molar-refractivity contribution < 1.29 is 9.50 Å². The van der Waals surface area contributed by atoms with Crippen LogP contribution in [0.5, 0.6) is 0 Å². The molecule has 2 heteroatoms. The van der Waals surface area contributed by atoms with E-state index >= 15 is 0 Å². The maximum absolute atomic E-state index is 12.9. The van der Waals surface area contributed by atoms with E-state index in [4.69, 9.17) is 0 Å². The molecule has 90 valence electrons. The first kappa shape index (κ1) is 11.2. The van der Waals surface area contributed by atoms with Crippen LogP contribution in [0.4, 0.5) is 4.39 Å². The maximum atomic E-state index is 12.9. The lowest BCUT2D eigenvalue weighted by molar-refractivity contribution is 0.160. The molecule has 3 rings (SSSR count). The Kier molecular flexibility index (Phi) is 2.73. The van der Waals surface area contributed by atoms with Gasteiger partial charge in [-0.05, 0) is 28.8 Å². The van der Waals surface area contributed by atoms with Crippen LogP contribution in [-0.4, -0.2) is 5.11 Å². The number of rotatable bonds is 1. The third-order valence-corrected chi connectivity index (χ3v) is 3.39. The van der Waals surface area contributed by atoms with Gasteiger partial charge in [-0.1, -0.05) is 48.6 Å². The van der Waals surface area contributed by atoms with Gasteiger partial charge in [-0.3, -0.25) is 0 Å². The highest BCUT2D eigenvalue weighted by Gasteiger charge is 2.25. The van der Waals surface area contributed by atoms with E-state index in [1.807, 2.05) is 36.4 Å². The fraction of sp³-hybridized carbons (Fsp3) is 0.125. The standard InChI is InChI=1S/C16H13FO/c17-13-8-5-12(6-9-13)15-10-7-11-3-1-2-4-14(11)16(15)18/h1-10,15-16,18H/t15-,16-/m0/s1. The molecule has 0 spiro atoms. The van der Waals surface area contributed by atoms with Crippen LogP contribution < -0.4 is 0 Å². The van der Waals surface area contributed by atoms with Gasteiger partial charge in [0.25, 0.3) is 0 Å². The van der Waals surface area contributed by atoms with Gasteiger partial charge in [-0.25, -0.2) is 4.39 Å². The smallest absolute Gasteiger partial charge is 0.123 e. The van der Waals surface area contributed by atoms with Crippen molar-refractivity contribution in [2.75, 3.05) is 0 Å². The molecular formula is C16H13FO. The molecular weight excluding hydrogens is 227 g/mol. The number of benzene rings is 2. The Morgan fingerprint density at radius 1 is 0.944 bits per heavy atom. The number of fused-ring (bicyclic) bond motifs is 1. The average Bonchev–Trinajstić information content (AvgIpc) is 2.41. The van der Waals surface area contributed by atoms with Crippen LogP contribution in [-0.2, 0) is 0 Å². The summed E-state index contributed by atoms with van der Waals surface area (Å²) in [4.78, 5) is 0. The first-order valence-electron chi connectivity index (χ1n) is 5.96. The van der Waals surface area contributed by atoms with Gasteiger partial charge in [0.05, 0.1) is 6.10 Å². The molecule has 1 N–H and O–H groups in total. The highest BCUT2D eigenvalue weighted by atomic mass is 19.1. The molecule has 0 amide bonds. The van der Waals surface area contributed by atoms with Gasteiger partial charge in [0.1, 0.15) is 5.82 Å². The van der Waals surface area contributed by atoms with E-state index in [9.17, 15) is 9.50 Å². The van der Waals surface area contributed by atoms with Crippen molar-refractivity contribution >= 4 is 6.08 Å². The molecule has 0 aliphatic heterocycles. The molecule has 1 aliphatic rings. The Bertz CT molecular complexity index is 586. The molecule has 0 fully saturated rings. The summed E-state index contributed by atoms with van der Waals surface area (Å²) in [5, 5.41) is 10.4. The quantitative estimate of drug-likeness (QED) is 0.806. The lowest BCUT2D eigenvalue weighted by Crippen LogP contribution is -2.13. The van der Waals surface area contributed by atoms with Crippen LogP contribution in [0.1, 0.15) is 28.7 Å². The Hall–Kier alpha value is -1.93. The molecule has 0 saturated carbocycles. The van der Waals surface area contributed by atoms with Crippen molar-refractivity contribution in [2.45, 2.75) is 12.0 Å². The first-order chi connectivity index (χ1) is 8.75. The molecule has 2 aromatic carbocycles. The number of aliphatic hydroxyl groups is 1. The van der Waals surface area contributed by atoms with E-state index < -0.39 is 6.10 Å². The topological polar surface area (TPSA) is 20.2 Å². The van der Waals surface area contributed by atoms with Gasteiger partial charge in [0.15, 0.2) is 0 Å². The summed E-state index contributed by atoms with van der Waals surface area (Å²) in [6.45, 7) is 0. The van der Waals surface area contributed by atoms with Crippen molar-refractivity contribution in [1.82, 2.24) is 0 Å². The summed E-state index contributed by atoms with van der Waals surface area (Å²) in [5.74, 6) is -0.367. The summed E-state index contributed by atoms with van der Waals surface area (Å²) in [7, 11) is 0. The third kappa shape index (κ3) is 1.85. The van der Waals surface area contributed by atoms with E-state index in [0.29, 0.717) is 0 Å². The number of halogens is 1. The minimum absolute atomic E-state index is 0.111. The molecule has 0 heterocycles. The molecule has 0 aromatic heterocycles. The van der Waals surface area contributed by atoms with E-state index in [1.54, 1.807) is 12.1 Å². The van der Waals surface area contributed by atoms with Crippen LogP contribution in [0.25, 0.3) is 6.08 Å². The number of aliphatic hydroxyl groups excluding tert-OH is 1. The fourth-order valence-electron chi connectivity index (χ4n) is 2.42. The SMILES string of the molecule is O[C@H]1c2ccccc2C=C[C@H]1c1ccc(F)cc1. The van der Waals surface area contributed by atoms with E-state index in [1.165, 1.54) is 12.1 Å². The van der Waals surface area contributed by atoms with E-state index in [2.05, 4.69) is 0 Å². The predicted molar refractivity (Wildman–Crippen MR) is 69.6 cm³/mol. The Labute approximate surface area is 105 Å². The number of hydrogen-bond donors (Lipinski definition) is 1. The second-order valence-electron chi connectivity index (χ2n) is 4.51. The molecule has 1 nitrogen and oxygen atoms in total. The summed E-state index contributed by atoms with van der Waals surface area (Å²) in [6, 6.07) is 14.1. The monoisotopic (exact) mass is 240 g/mol. The van der Waals surface area contributed by atoms with Crippen molar-refractivity contribution in [3.8, 4) is 0 Å². The zero-order valence-corrected chi connectivity index (χ0v) is 9.75. The highest BCUT2D eigenvalue weighted by molar-refractivity contribution is 5.59. The van der Waals surface area contributed by atoms with Gasteiger partial charge in [0, 0.05) is 5.92 Å². The largest absolute Gasteiger partial charge is 0.387 e. The molecule has 0 bridgehead atoms. The van der Waals surface area contributed by atoms with Crippen LogP contribution in [0.15, 0.2) is 54.6 Å². The summed E-state index contributed by atoms with van der Waals surface area (Å²) in [5.41, 5.74) is 2.90. The molecule has 2 atom stereocenters. The minimum atomic E-state index is -0.573. The summed E-state index contributed by atoms with van der Waals surface area (Å²) in [6.07, 6.45) is 3.41. The second-order valence-corrected chi connectivity index (χ2v) is 4.51. The van der Waals surface area contributed by atoms with Gasteiger partial charge in [0.2, 0.25) is 0 Å².